The maximum absolute atomic E-state index is 12.0. The fraction of sp³-hybridized carbons (Fsp3) is 0.857. The summed E-state index contributed by atoms with van der Waals surface area (Å²) in [5.41, 5.74) is 0. The number of carbonyl (C=O) groups is 2. The first kappa shape index (κ1) is 16.5. The molecule has 0 radical (unpaired) electrons. The van der Waals surface area contributed by atoms with Crippen molar-refractivity contribution < 1.29 is 14.3 Å². The van der Waals surface area contributed by atoms with Gasteiger partial charge >= 0.3 is 0 Å². The fourth-order valence-corrected chi connectivity index (χ4v) is 3.15. The van der Waals surface area contributed by atoms with Crippen molar-refractivity contribution in [3.63, 3.8) is 0 Å². The highest BCUT2D eigenvalue weighted by molar-refractivity contribution is 5.85. The molecule has 0 aromatic heterocycles. The molecule has 0 aromatic rings. The Labute approximate surface area is 131 Å². The van der Waals surface area contributed by atoms with Crippen LogP contribution in [0.4, 0.5) is 0 Å². The number of carbonyl (C=O) groups excluding carboxylic acids is 2. The number of hydrogen-bond acceptors (Lipinski definition) is 4. The highest BCUT2D eigenvalue weighted by Gasteiger charge is 2.44. The smallest absolute Gasteiger partial charge is 0.225 e. The van der Waals surface area contributed by atoms with E-state index in [2.05, 4.69) is 17.6 Å². The Balaban J connectivity index is 0.00000161. The van der Waals surface area contributed by atoms with Gasteiger partial charge in [0.25, 0.3) is 0 Å². The second-order valence-corrected chi connectivity index (χ2v) is 6.23. The first-order valence-corrected chi connectivity index (χ1v) is 7.53. The first-order valence-electron chi connectivity index (χ1n) is 7.53. The van der Waals surface area contributed by atoms with Gasteiger partial charge in [0.1, 0.15) is 0 Å². The normalized spacial score (nSPS) is 35.3. The summed E-state index contributed by atoms with van der Waals surface area (Å²) in [6.07, 6.45) is 1.98. The van der Waals surface area contributed by atoms with E-state index in [9.17, 15) is 9.59 Å². The van der Waals surface area contributed by atoms with Crippen molar-refractivity contribution in [2.45, 2.75) is 44.3 Å². The van der Waals surface area contributed by atoms with Gasteiger partial charge in [-0.15, -0.1) is 12.4 Å². The Morgan fingerprint density at radius 1 is 1.52 bits per heavy atom. The molecule has 3 rings (SSSR count). The van der Waals surface area contributed by atoms with Gasteiger partial charge in [0.15, 0.2) is 0 Å². The Bertz CT molecular complexity index is 401. The highest BCUT2D eigenvalue weighted by Crippen LogP contribution is 2.37. The third-order valence-electron chi connectivity index (χ3n) is 4.42. The molecular weight excluding hydrogens is 294 g/mol. The van der Waals surface area contributed by atoms with E-state index < -0.39 is 0 Å². The van der Waals surface area contributed by atoms with Gasteiger partial charge in [0.2, 0.25) is 11.8 Å². The van der Waals surface area contributed by atoms with E-state index in [1.54, 1.807) is 0 Å². The van der Waals surface area contributed by atoms with E-state index in [4.69, 9.17) is 4.74 Å². The molecule has 3 fully saturated rings. The van der Waals surface area contributed by atoms with Gasteiger partial charge in [-0.3, -0.25) is 9.59 Å². The molecule has 120 valence electrons. The Morgan fingerprint density at radius 3 is 2.90 bits per heavy atom. The van der Waals surface area contributed by atoms with E-state index in [0.29, 0.717) is 44.6 Å². The van der Waals surface area contributed by atoms with Crippen molar-refractivity contribution in [2.75, 3.05) is 26.3 Å². The second-order valence-electron chi connectivity index (χ2n) is 6.23. The van der Waals surface area contributed by atoms with E-state index in [-0.39, 0.29) is 36.3 Å². The van der Waals surface area contributed by atoms with Crippen molar-refractivity contribution in [1.82, 2.24) is 15.5 Å². The van der Waals surface area contributed by atoms with Gasteiger partial charge in [-0.2, -0.15) is 0 Å². The lowest BCUT2D eigenvalue weighted by atomic mass is 10.1. The minimum atomic E-state index is -0.0210. The number of nitrogens with zero attached hydrogens (tertiary/aromatic N) is 1. The summed E-state index contributed by atoms with van der Waals surface area (Å²) in [5.74, 6) is 0.817. The number of halogens is 1. The molecule has 2 N–H and O–H groups in total. The van der Waals surface area contributed by atoms with Gasteiger partial charge in [-0.05, 0) is 12.3 Å². The van der Waals surface area contributed by atoms with E-state index in [1.165, 1.54) is 0 Å². The molecule has 0 aromatic carbocycles. The van der Waals surface area contributed by atoms with Crippen LogP contribution in [0.5, 0.6) is 0 Å². The van der Waals surface area contributed by atoms with E-state index >= 15 is 0 Å². The Hall–Kier alpha value is -0.850. The van der Waals surface area contributed by atoms with Crippen molar-refractivity contribution in [1.29, 1.82) is 0 Å². The largest absolute Gasteiger partial charge is 0.378 e. The van der Waals surface area contributed by atoms with E-state index in [1.807, 2.05) is 4.90 Å². The standard InChI is InChI=1S/C14H23N3O3.ClH/c1-9-4-12(9)17-7-10(6-14(17)19)16-13(18)5-11-8-20-3-2-15-11;/h9-12,15H,2-8H2,1H3,(H,16,18);1H. The zero-order chi connectivity index (χ0) is 14.1. The van der Waals surface area contributed by atoms with Crippen LogP contribution in [0, 0.1) is 5.92 Å². The summed E-state index contributed by atoms with van der Waals surface area (Å²) in [7, 11) is 0. The van der Waals surface area contributed by atoms with Crippen LogP contribution < -0.4 is 10.6 Å². The molecule has 4 unspecified atom stereocenters. The number of rotatable bonds is 4. The van der Waals surface area contributed by atoms with Crippen LogP contribution >= 0.6 is 12.4 Å². The molecule has 6 nitrogen and oxygen atoms in total. The zero-order valence-electron chi connectivity index (χ0n) is 12.3. The predicted molar refractivity (Wildman–Crippen MR) is 80.3 cm³/mol. The number of morpholine rings is 1. The maximum Gasteiger partial charge on any atom is 0.225 e. The first-order chi connectivity index (χ1) is 9.63. The average Bonchev–Trinajstić information content (AvgIpc) is 3.02. The van der Waals surface area contributed by atoms with Crippen LogP contribution in [0.15, 0.2) is 0 Å². The lowest BCUT2D eigenvalue weighted by Crippen LogP contribution is -2.46. The molecular formula is C14H24ClN3O3. The molecule has 1 saturated carbocycles. The number of ether oxygens (including phenoxy) is 1. The van der Waals surface area contributed by atoms with Gasteiger partial charge in [0, 0.05) is 38.0 Å². The number of nitrogens with one attached hydrogen (secondary N) is 2. The molecule has 2 aliphatic heterocycles. The van der Waals surface area contributed by atoms with Crippen LogP contribution in [0.25, 0.3) is 0 Å². The van der Waals surface area contributed by atoms with Crippen LogP contribution in [-0.2, 0) is 14.3 Å². The number of amides is 2. The van der Waals surface area contributed by atoms with Crippen molar-refractivity contribution in [2.24, 2.45) is 5.92 Å². The van der Waals surface area contributed by atoms with Crippen molar-refractivity contribution in [3.05, 3.63) is 0 Å². The molecule has 2 amide bonds. The quantitative estimate of drug-likeness (QED) is 0.760. The second kappa shape index (κ2) is 6.94. The summed E-state index contributed by atoms with van der Waals surface area (Å²) in [6.45, 7) is 4.94. The van der Waals surface area contributed by atoms with Crippen LogP contribution in [-0.4, -0.2) is 61.1 Å². The average molecular weight is 318 g/mol. The lowest BCUT2D eigenvalue weighted by molar-refractivity contribution is -0.128. The highest BCUT2D eigenvalue weighted by atomic mass is 35.5. The summed E-state index contributed by atoms with van der Waals surface area (Å²) >= 11 is 0. The summed E-state index contributed by atoms with van der Waals surface area (Å²) in [6, 6.07) is 0.491. The molecule has 4 atom stereocenters. The van der Waals surface area contributed by atoms with Crippen LogP contribution in [0.2, 0.25) is 0 Å². The Kier molecular flexibility index (Phi) is 5.46. The molecule has 0 bridgehead atoms. The molecule has 0 spiro atoms. The van der Waals surface area contributed by atoms with Crippen LogP contribution in [0.3, 0.4) is 0 Å². The van der Waals surface area contributed by atoms with Crippen LogP contribution in [0.1, 0.15) is 26.2 Å². The SMILES string of the molecule is CC1CC1N1CC(NC(=O)CC2COCCN2)CC1=O.Cl. The monoisotopic (exact) mass is 317 g/mol. The number of hydrogen-bond donors (Lipinski definition) is 2. The van der Waals surface area contributed by atoms with Gasteiger partial charge < -0.3 is 20.3 Å². The summed E-state index contributed by atoms with van der Waals surface area (Å²) < 4.78 is 5.33. The molecule has 21 heavy (non-hydrogen) atoms. The maximum atomic E-state index is 12.0. The molecule has 2 saturated heterocycles. The Morgan fingerprint density at radius 2 is 2.29 bits per heavy atom. The molecule has 7 heteroatoms. The minimum Gasteiger partial charge on any atom is -0.378 e. The van der Waals surface area contributed by atoms with Crippen molar-refractivity contribution in [3.8, 4) is 0 Å². The van der Waals surface area contributed by atoms with Gasteiger partial charge in [-0.25, -0.2) is 0 Å². The van der Waals surface area contributed by atoms with Gasteiger partial charge in [-0.1, -0.05) is 6.92 Å². The third kappa shape index (κ3) is 4.08. The zero-order valence-corrected chi connectivity index (χ0v) is 13.2. The molecule has 3 aliphatic rings. The van der Waals surface area contributed by atoms with E-state index in [0.717, 1.165) is 13.0 Å². The predicted octanol–water partition coefficient (Wildman–Crippen LogP) is -0.0878. The molecule has 1 aliphatic carbocycles. The summed E-state index contributed by atoms with van der Waals surface area (Å²) in [5, 5.41) is 6.25. The number of likely N-dealkylation sites (tertiary alicyclic amines) is 1. The van der Waals surface area contributed by atoms with Gasteiger partial charge in [0.05, 0.1) is 19.3 Å². The summed E-state index contributed by atoms with van der Waals surface area (Å²) in [4.78, 5) is 25.9. The third-order valence-corrected chi connectivity index (χ3v) is 4.42. The minimum absolute atomic E-state index is 0. The fourth-order valence-electron chi connectivity index (χ4n) is 3.15. The topological polar surface area (TPSA) is 70.7 Å². The molecule has 2 heterocycles. The van der Waals surface area contributed by atoms with Crippen molar-refractivity contribution >= 4 is 24.2 Å². The lowest BCUT2D eigenvalue weighted by Gasteiger charge is -2.24.